The summed E-state index contributed by atoms with van der Waals surface area (Å²) >= 11 is 0. The monoisotopic (exact) mass is 317 g/mol. The lowest BCUT2D eigenvalue weighted by Gasteiger charge is -2.22. The van der Waals surface area contributed by atoms with Gasteiger partial charge in [0.15, 0.2) is 11.6 Å². The first-order valence-corrected chi connectivity index (χ1v) is 8.70. The van der Waals surface area contributed by atoms with E-state index in [1.807, 2.05) is 0 Å². The number of allylic oxidation sites excluding steroid dienone is 2. The van der Waals surface area contributed by atoms with Gasteiger partial charge in [0, 0.05) is 0 Å². The fourth-order valence-electron chi connectivity index (χ4n) is 3.28. The van der Waals surface area contributed by atoms with E-state index in [4.69, 9.17) is 5.26 Å². The molecule has 0 radical (unpaired) electrons. The van der Waals surface area contributed by atoms with Crippen LogP contribution in [0.15, 0.2) is 23.8 Å². The molecular formula is C20H25F2N. The van der Waals surface area contributed by atoms with Crippen LogP contribution in [0.5, 0.6) is 0 Å². The average Bonchev–Trinajstić information content (AvgIpc) is 2.58. The molecule has 0 saturated carbocycles. The van der Waals surface area contributed by atoms with E-state index in [0.29, 0.717) is 12.0 Å². The third kappa shape index (κ3) is 4.89. The van der Waals surface area contributed by atoms with Crippen molar-refractivity contribution in [3.8, 4) is 6.07 Å². The first-order chi connectivity index (χ1) is 11.2. The second-order valence-electron chi connectivity index (χ2n) is 6.51. The zero-order chi connectivity index (χ0) is 16.7. The molecule has 23 heavy (non-hydrogen) atoms. The maximum Gasteiger partial charge on any atom is 0.176 e. The molecule has 124 valence electrons. The summed E-state index contributed by atoms with van der Waals surface area (Å²) < 4.78 is 27.5. The molecule has 0 aromatic heterocycles. The lowest BCUT2D eigenvalue weighted by molar-refractivity contribution is 0.413. The molecule has 1 aliphatic carbocycles. The van der Waals surface area contributed by atoms with Crippen molar-refractivity contribution < 1.29 is 8.78 Å². The standard InChI is InChI=1S/C20H25F2N/c1-2-3-4-5-15-6-8-16(9-7-15)10-11-17-12-13-18(14-23)20(22)19(17)21/h8,12-13,15H,2-7,9-11H2,1H3. The van der Waals surface area contributed by atoms with Gasteiger partial charge < -0.3 is 0 Å². The number of hydrogen-bond acceptors (Lipinski definition) is 1. The Morgan fingerprint density at radius 2 is 2.00 bits per heavy atom. The molecular weight excluding hydrogens is 292 g/mol. The summed E-state index contributed by atoms with van der Waals surface area (Å²) in [4.78, 5) is 0. The fraction of sp³-hybridized carbons (Fsp3) is 0.550. The van der Waals surface area contributed by atoms with Gasteiger partial charge in [-0.1, -0.05) is 50.3 Å². The Hall–Kier alpha value is -1.69. The molecule has 2 rings (SSSR count). The van der Waals surface area contributed by atoms with E-state index in [1.54, 1.807) is 6.07 Å². The van der Waals surface area contributed by atoms with Gasteiger partial charge >= 0.3 is 0 Å². The van der Waals surface area contributed by atoms with Crippen LogP contribution < -0.4 is 0 Å². The van der Waals surface area contributed by atoms with Gasteiger partial charge in [-0.05, 0) is 49.7 Å². The number of nitrogens with zero attached hydrogens (tertiary/aromatic N) is 1. The van der Waals surface area contributed by atoms with Crippen LogP contribution in [0.2, 0.25) is 0 Å². The topological polar surface area (TPSA) is 23.8 Å². The molecule has 0 bridgehead atoms. The van der Waals surface area contributed by atoms with Gasteiger partial charge in [-0.3, -0.25) is 0 Å². The number of rotatable bonds is 7. The molecule has 1 aromatic rings. The summed E-state index contributed by atoms with van der Waals surface area (Å²) in [6, 6.07) is 4.57. The van der Waals surface area contributed by atoms with Gasteiger partial charge in [-0.2, -0.15) is 5.26 Å². The first kappa shape index (κ1) is 17.7. The zero-order valence-corrected chi connectivity index (χ0v) is 13.9. The van der Waals surface area contributed by atoms with Gasteiger partial charge in [0.25, 0.3) is 0 Å². The Bertz CT molecular complexity index is 598. The Labute approximate surface area is 138 Å². The SMILES string of the molecule is CCCCCC1CC=C(CCc2ccc(C#N)c(F)c2F)CC1. The molecule has 0 heterocycles. The highest BCUT2D eigenvalue weighted by Crippen LogP contribution is 2.30. The minimum atomic E-state index is -1.02. The summed E-state index contributed by atoms with van der Waals surface area (Å²) in [7, 11) is 0. The van der Waals surface area contributed by atoms with Crippen LogP contribution in [0.25, 0.3) is 0 Å². The fourth-order valence-corrected chi connectivity index (χ4v) is 3.28. The van der Waals surface area contributed by atoms with E-state index < -0.39 is 11.6 Å². The van der Waals surface area contributed by atoms with Crippen molar-refractivity contribution in [2.45, 2.75) is 64.7 Å². The molecule has 1 atom stereocenters. The molecule has 0 spiro atoms. The van der Waals surface area contributed by atoms with Gasteiger partial charge in [0.05, 0.1) is 5.56 Å². The highest BCUT2D eigenvalue weighted by Gasteiger charge is 2.16. The predicted octanol–water partition coefficient (Wildman–Crippen LogP) is 6.08. The molecule has 1 nitrogen and oxygen atoms in total. The van der Waals surface area contributed by atoms with Crippen LogP contribution in [-0.4, -0.2) is 0 Å². The first-order valence-electron chi connectivity index (χ1n) is 8.70. The summed E-state index contributed by atoms with van der Waals surface area (Å²) in [6.45, 7) is 2.23. The molecule has 0 saturated heterocycles. The van der Waals surface area contributed by atoms with E-state index >= 15 is 0 Å². The number of hydrogen-bond donors (Lipinski definition) is 0. The van der Waals surface area contributed by atoms with Crippen molar-refractivity contribution in [2.75, 3.05) is 0 Å². The minimum Gasteiger partial charge on any atom is -0.203 e. The van der Waals surface area contributed by atoms with Crippen molar-refractivity contribution in [1.29, 1.82) is 5.26 Å². The number of aryl methyl sites for hydroxylation is 1. The predicted molar refractivity (Wildman–Crippen MR) is 89.0 cm³/mol. The van der Waals surface area contributed by atoms with Gasteiger partial charge in [-0.25, -0.2) is 8.78 Å². The molecule has 0 aliphatic heterocycles. The van der Waals surface area contributed by atoms with Gasteiger partial charge in [0.2, 0.25) is 0 Å². The van der Waals surface area contributed by atoms with Crippen LogP contribution >= 0.6 is 0 Å². The van der Waals surface area contributed by atoms with Crippen molar-refractivity contribution in [2.24, 2.45) is 5.92 Å². The Balaban J connectivity index is 1.86. The van der Waals surface area contributed by atoms with Crippen LogP contribution in [0.3, 0.4) is 0 Å². The maximum atomic E-state index is 13.9. The third-order valence-electron chi connectivity index (χ3n) is 4.83. The lowest BCUT2D eigenvalue weighted by Crippen LogP contribution is -2.07. The Morgan fingerprint density at radius 1 is 1.17 bits per heavy atom. The highest BCUT2D eigenvalue weighted by molar-refractivity contribution is 5.35. The molecule has 0 fully saturated rings. The summed E-state index contributed by atoms with van der Waals surface area (Å²) in [5, 5.41) is 8.70. The lowest BCUT2D eigenvalue weighted by atomic mass is 9.84. The van der Waals surface area contributed by atoms with Crippen molar-refractivity contribution in [3.63, 3.8) is 0 Å². The number of nitriles is 1. The van der Waals surface area contributed by atoms with E-state index in [1.165, 1.54) is 49.8 Å². The third-order valence-corrected chi connectivity index (χ3v) is 4.83. The van der Waals surface area contributed by atoms with Gasteiger partial charge in [0.1, 0.15) is 6.07 Å². The number of unbranched alkanes of at least 4 members (excludes halogenated alkanes) is 2. The van der Waals surface area contributed by atoms with E-state index in [-0.39, 0.29) is 5.56 Å². The average molecular weight is 317 g/mol. The van der Waals surface area contributed by atoms with Gasteiger partial charge in [-0.15, -0.1) is 0 Å². The Kier molecular flexibility index (Phi) is 6.77. The quantitative estimate of drug-likeness (QED) is 0.442. The summed E-state index contributed by atoms with van der Waals surface area (Å²) in [5.41, 5.74) is 1.51. The number of halogens is 2. The maximum absolute atomic E-state index is 13.9. The molecule has 1 unspecified atom stereocenters. The van der Waals surface area contributed by atoms with Crippen LogP contribution in [-0.2, 0) is 6.42 Å². The second-order valence-corrected chi connectivity index (χ2v) is 6.51. The van der Waals surface area contributed by atoms with Crippen LogP contribution in [0, 0.1) is 28.9 Å². The smallest absolute Gasteiger partial charge is 0.176 e. The second kappa shape index (κ2) is 8.82. The molecule has 0 amide bonds. The molecule has 1 aliphatic rings. The van der Waals surface area contributed by atoms with E-state index in [2.05, 4.69) is 13.0 Å². The largest absolute Gasteiger partial charge is 0.203 e. The minimum absolute atomic E-state index is 0.224. The number of benzene rings is 1. The van der Waals surface area contributed by atoms with E-state index in [0.717, 1.165) is 25.2 Å². The summed E-state index contributed by atoms with van der Waals surface area (Å²) in [6.07, 6.45) is 12.2. The zero-order valence-electron chi connectivity index (χ0n) is 13.9. The summed E-state index contributed by atoms with van der Waals surface area (Å²) in [5.74, 6) is -1.08. The molecule has 0 N–H and O–H groups in total. The van der Waals surface area contributed by atoms with E-state index in [9.17, 15) is 8.78 Å². The Morgan fingerprint density at radius 3 is 2.65 bits per heavy atom. The van der Waals surface area contributed by atoms with Crippen molar-refractivity contribution >= 4 is 0 Å². The van der Waals surface area contributed by atoms with Crippen molar-refractivity contribution in [1.82, 2.24) is 0 Å². The van der Waals surface area contributed by atoms with Crippen LogP contribution in [0.1, 0.15) is 69.4 Å². The van der Waals surface area contributed by atoms with Crippen LogP contribution in [0.4, 0.5) is 8.78 Å². The van der Waals surface area contributed by atoms with Crippen molar-refractivity contribution in [3.05, 3.63) is 46.5 Å². The molecule has 1 aromatic carbocycles. The normalized spacial score (nSPS) is 17.7. The molecule has 3 heteroatoms. The highest BCUT2D eigenvalue weighted by atomic mass is 19.2.